The minimum Gasteiger partial charge on any atom is -0.497 e. The second-order valence-corrected chi connectivity index (χ2v) is 4.80. The summed E-state index contributed by atoms with van der Waals surface area (Å²) < 4.78 is 5.00. The number of aliphatic carboxylic acids is 1. The van der Waals surface area contributed by atoms with Crippen molar-refractivity contribution in [3.05, 3.63) is 28.3 Å². The Morgan fingerprint density at radius 3 is 2.60 bits per heavy atom. The van der Waals surface area contributed by atoms with Gasteiger partial charge in [0.2, 0.25) is 0 Å². The van der Waals surface area contributed by atoms with E-state index in [1.54, 1.807) is 0 Å². The Morgan fingerprint density at radius 2 is 2.15 bits per heavy atom. The van der Waals surface area contributed by atoms with Crippen LogP contribution in [0.5, 0.6) is 5.75 Å². The molecule has 1 aromatic carbocycles. The number of ether oxygens (including phenoxy) is 1. The predicted octanol–water partition coefficient (Wildman–Crippen LogP) is 2.51. The molecule has 20 heavy (non-hydrogen) atoms. The zero-order valence-electron chi connectivity index (χ0n) is 11.6. The minimum atomic E-state index is -1.05. The summed E-state index contributed by atoms with van der Waals surface area (Å²) in [6.07, 6.45) is 0.365. The Balaban J connectivity index is 3.09. The fraction of sp³-hybridized carbons (Fsp3) is 0.462. The molecule has 0 fully saturated rings. The third kappa shape index (κ3) is 4.11. The van der Waals surface area contributed by atoms with E-state index in [9.17, 15) is 20.0 Å². The summed E-state index contributed by atoms with van der Waals surface area (Å²) in [6.45, 7) is 3.77. The summed E-state index contributed by atoms with van der Waals surface area (Å²) in [5, 5.41) is 22.9. The predicted molar refractivity (Wildman–Crippen MR) is 74.1 cm³/mol. The van der Waals surface area contributed by atoms with Gasteiger partial charge in [0, 0.05) is 12.1 Å². The highest BCUT2D eigenvalue weighted by atomic mass is 16.6. The molecule has 7 nitrogen and oxygen atoms in total. The monoisotopic (exact) mass is 282 g/mol. The Morgan fingerprint density at radius 1 is 1.50 bits per heavy atom. The van der Waals surface area contributed by atoms with Crippen LogP contribution in [0.15, 0.2) is 18.2 Å². The van der Waals surface area contributed by atoms with Crippen molar-refractivity contribution < 1.29 is 19.6 Å². The maximum Gasteiger partial charge on any atom is 0.326 e. The number of carboxylic acids is 1. The number of hydrogen-bond donors (Lipinski definition) is 2. The van der Waals surface area contributed by atoms with Crippen LogP contribution in [-0.4, -0.2) is 29.2 Å². The lowest BCUT2D eigenvalue weighted by Gasteiger charge is -2.18. The molecule has 110 valence electrons. The lowest BCUT2D eigenvalue weighted by molar-refractivity contribution is -0.384. The van der Waals surface area contributed by atoms with E-state index in [-0.39, 0.29) is 17.3 Å². The first-order chi connectivity index (χ1) is 9.35. The topological polar surface area (TPSA) is 102 Å². The van der Waals surface area contributed by atoms with Gasteiger partial charge in [-0.15, -0.1) is 0 Å². The maximum absolute atomic E-state index is 11.2. The molecule has 0 radical (unpaired) electrons. The number of hydrogen-bond acceptors (Lipinski definition) is 5. The van der Waals surface area contributed by atoms with Gasteiger partial charge in [-0.05, 0) is 18.4 Å². The van der Waals surface area contributed by atoms with Crippen LogP contribution < -0.4 is 10.1 Å². The molecule has 2 N–H and O–H groups in total. The van der Waals surface area contributed by atoms with Crippen molar-refractivity contribution >= 4 is 17.3 Å². The van der Waals surface area contributed by atoms with Crippen molar-refractivity contribution in [2.24, 2.45) is 5.92 Å². The van der Waals surface area contributed by atoms with Crippen LogP contribution in [0.25, 0.3) is 0 Å². The molecule has 1 unspecified atom stereocenters. The smallest absolute Gasteiger partial charge is 0.326 e. The van der Waals surface area contributed by atoms with Crippen molar-refractivity contribution in [2.75, 3.05) is 12.4 Å². The van der Waals surface area contributed by atoms with Gasteiger partial charge in [0.1, 0.15) is 17.5 Å². The van der Waals surface area contributed by atoms with E-state index in [2.05, 4.69) is 5.32 Å². The standard InChI is InChI=1S/C13H18N2O5/c1-8(2)6-11(13(16)17)14-10-7-9(20-3)4-5-12(10)15(18)19/h4-5,7-8,11,14H,6H2,1-3H3,(H,16,17). The summed E-state index contributed by atoms with van der Waals surface area (Å²) in [5.74, 6) is -0.476. The van der Waals surface area contributed by atoms with E-state index < -0.39 is 16.9 Å². The third-order valence-electron chi connectivity index (χ3n) is 2.74. The molecule has 7 heteroatoms. The summed E-state index contributed by atoms with van der Waals surface area (Å²) in [7, 11) is 1.44. The number of rotatable bonds is 7. The number of nitro groups is 1. The average molecular weight is 282 g/mol. The quantitative estimate of drug-likeness (QED) is 0.588. The number of anilines is 1. The molecule has 0 heterocycles. The van der Waals surface area contributed by atoms with Crippen molar-refractivity contribution in [3.8, 4) is 5.75 Å². The normalized spacial score (nSPS) is 12.0. The molecule has 0 aromatic heterocycles. The molecule has 1 rings (SSSR count). The molecule has 0 bridgehead atoms. The third-order valence-corrected chi connectivity index (χ3v) is 2.74. The van der Waals surface area contributed by atoms with Crippen LogP contribution in [0.2, 0.25) is 0 Å². The van der Waals surface area contributed by atoms with Crippen molar-refractivity contribution in [3.63, 3.8) is 0 Å². The Bertz CT molecular complexity index is 502. The first kappa shape index (κ1) is 15.7. The van der Waals surface area contributed by atoms with E-state index in [0.29, 0.717) is 12.2 Å². The van der Waals surface area contributed by atoms with Crippen molar-refractivity contribution in [1.29, 1.82) is 0 Å². The van der Waals surface area contributed by atoms with Crippen LogP contribution in [0.1, 0.15) is 20.3 Å². The lowest BCUT2D eigenvalue weighted by atomic mass is 10.0. The summed E-state index contributed by atoms with van der Waals surface area (Å²) >= 11 is 0. The van der Waals surface area contributed by atoms with E-state index >= 15 is 0 Å². The van der Waals surface area contributed by atoms with Gasteiger partial charge in [-0.2, -0.15) is 0 Å². The second kappa shape index (κ2) is 6.74. The van der Waals surface area contributed by atoms with E-state index in [1.807, 2.05) is 13.8 Å². The van der Waals surface area contributed by atoms with Gasteiger partial charge in [0.15, 0.2) is 0 Å². The van der Waals surface area contributed by atoms with Gasteiger partial charge in [-0.3, -0.25) is 10.1 Å². The first-order valence-corrected chi connectivity index (χ1v) is 6.17. The van der Waals surface area contributed by atoms with E-state index in [4.69, 9.17) is 4.74 Å². The number of carboxylic acid groups (broad SMARTS) is 1. The maximum atomic E-state index is 11.2. The zero-order chi connectivity index (χ0) is 15.3. The van der Waals surface area contributed by atoms with Gasteiger partial charge in [-0.1, -0.05) is 13.8 Å². The number of methoxy groups -OCH3 is 1. The number of nitrogens with zero attached hydrogens (tertiary/aromatic N) is 1. The molecule has 0 aliphatic carbocycles. The summed E-state index contributed by atoms with van der Waals surface area (Å²) in [4.78, 5) is 21.6. The zero-order valence-corrected chi connectivity index (χ0v) is 11.6. The van der Waals surface area contributed by atoms with E-state index in [0.717, 1.165) is 0 Å². The fourth-order valence-corrected chi connectivity index (χ4v) is 1.80. The number of benzene rings is 1. The van der Waals surface area contributed by atoms with Gasteiger partial charge in [0.05, 0.1) is 12.0 Å². The lowest BCUT2D eigenvalue weighted by Crippen LogP contribution is -2.31. The molecular weight excluding hydrogens is 264 g/mol. The van der Waals surface area contributed by atoms with Gasteiger partial charge in [-0.25, -0.2) is 4.79 Å². The average Bonchev–Trinajstić information content (AvgIpc) is 2.36. The number of nitro benzene ring substituents is 1. The second-order valence-electron chi connectivity index (χ2n) is 4.80. The van der Waals surface area contributed by atoms with Crippen molar-refractivity contribution in [1.82, 2.24) is 0 Å². The summed E-state index contributed by atoms with van der Waals surface area (Å²) in [6, 6.07) is 3.28. The van der Waals surface area contributed by atoms with Crippen LogP contribution >= 0.6 is 0 Å². The Kier molecular flexibility index (Phi) is 5.31. The van der Waals surface area contributed by atoms with Crippen LogP contribution in [0.3, 0.4) is 0 Å². The van der Waals surface area contributed by atoms with E-state index in [1.165, 1.54) is 25.3 Å². The Labute approximate surface area is 116 Å². The Hall–Kier alpha value is -2.31. The molecule has 0 aliphatic heterocycles. The largest absolute Gasteiger partial charge is 0.497 e. The highest BCUT2D eigenvalue weighted by molar-refractivity contribution is 5.79. The van der Waals surface area contributed by atoms with Crippen molar-refractivity contribution in [2.45, 2.75) is 26.3 Å². The summed E-state index contributed by atoms with van der Waals surface area (Å²) in [5.41, 5.74) is -0.0387. The molecule has 0 aliphatic rings. The fourth-order valence-electron chi connectivity index (χ4n) is 1.80. The number of carbonyl (C=O) groups is 1. The molecule has 1 atom stereocenters. The minimum absolute atomic E-state index is 0.141. The van der Waals surface area contributed by atoms with Crippen LogP contribution in [0, 0.1) is 16.0 Å². The molecular formula is C13H18N2O5. The van der Waals surface area contributed by atoms with Gasteiger partial charge >= 0.3 is 5.97 Å². The molecule has 0 saturated heterocycles. The number of nitrogens with one attached hydrogen (secondary N) is 1. The van der Waals surface area contributed by atoms with Gasteiger partial charge < -0.3 is 15.2 Å². The molecule has 0 spiro atoms. The van der Waals surface area contributed by atoms with Crippen LogP contribution in [0.4, 0.5) is 11.4 Å². The SMILES string of the molecule is COc1ccc([N+](=O)[O-])c(NC(CC(C)C)C(=O)O)c1. The highest BCUT2D eigenvalue weighted by Crippen LogP contribution is 2.30. The molecule has 1 aromatic rings. The first-order valence-electron chi connectivity index (χ1n) is 6.17. The van der Waals surface area contributed by atoms with Gasteiger partial charge in [0.25, 0.3) is 5.69 Å². The van der Waals surface area contributed by atoms with Crippen LogP contribution in [-0.2, 0) is 4.79 Å². The molecule has 0 saturated carbocycles. The highest BCUT2D eigenvalue weighted by Gasteiger charge is 2.23. The molecule has 0 amide bonds.